The summed E-state index contributed by atoms with van der Waals surface area (Å²) in [5, 5.41) is 0. The molecular formula is C14H18O. The Kier molecular flexibility index (Phi) is 3.57. The molecule has 1 aromatic carbocycles. The van der Waals surface area contributed by atoms with Gasteiger partial charge in [-0.25, -0.2) is 0 Å². The van der Waals surface area contributed by atoms with E-state index in [-0.39, 0.29) is 0 Å². The molecule has 0 unspecified atom stereocenters. The summed E-state index contributed by atoms with van der Waals surface area (Å²) in [6, 6.07) is 10.6. The van der Waals surface area contributed by atoms with Gasteiger partial charge in [-0.3, -0.25) is 0 Å². The van der Waals surface area contributed by atoms with Gasteiger partial charge in [-0.05, 0) is 37.3 Å². The Labute approximate surface area is 91.8 Å². The Hall–Kier alpha value is -1.08. The van der Waals surface area contributed by atoms with Crippen LogP contribution < -0.4 is 0 Å². The van der Waals surface area contributed by atoms with Crippen molar-refractivity contribution in [1.29, 1.82) is 0 Å². The number of allylic oxidation sites excluding steroid dienone is 1. The third-order valence-corrected chi connectivity index (χ3v) is 2.85. The number of hydrogen-bond acceptors (Lipinski definition) is 1. The Morgan fingerprint density at radius 3 is 2.80 bits per heavy atom. The molecule has 0 spiro atoms. The zero-order valence-corrected chi connectivity index (χ0v) is 9.28. The topological polar surface area (TPSA) is 9.23 Å². The lowest BCUT2D eigenvalue weighted by Crippen LogP contribution is -2.14. The van der Waals surface area contributed by atoms with Gasteiger partial charge in [0.2, 0.25) is 0 Å². The molecule has 1 nitrogen and oxygen atoms in total. The molecule has 0 bridgehead atoms. The minimum atomic E-state index is 0.332. The first-order valence-electron chi connectivity index (χ1n) is 5.78. The molecule has 0 heterocycles. The van der Waals surface area contributed by atoms with Crippen molar-refractivity contribution in [2.75, 3.05) is 6.61 Å². The highest BCUT2D eigenvalue weighted by Gasteiger charge is 2.14. The van der Waals surface area contributed by atoms with Gasteiger partial charge >= 0.3 is 0 Å². The van der Waals surface area contributed by atoms with Crippen LogP contribution in [0.1, 0.15) is 31.7 Å². The van der Waals surface area contributed by atoms with Crippen molar-refractivity contribution in [3.8, 4) is 0 Å². The molecule has 15 heavy (non-hydrogen) atoms. The minimum absolute atomic E-state index is 0.332. The molecule has 0 aromatic heterocycles. The van der Waals surface area contributed by atoms with Crippen LogP contribution in [-0.2, 0) is 4.74 Å². The second kappa shape index (κ2) is 5.13. The predicted octanol–water partition coefficient (Wildman–Crippen LogP) is 3.66. The molecule has 0 radical (unpaired) electrons. The van der Waals surface area contributed by atoms with E-state index in [0.29, 0.717) is 6.10 Å². The summed E-state index contributed by atoms with van der Waals surface area (Å²) in [7, 11) is 0. The van der Waals surface area contributed by atoms with Gasteiger partial charge < -0.3 is 4.74 Å². The number of ether oxygens (including phenoxy) is 1. The first-order chi connectivity index (χ1) is 7.40. The quantitative estimate of drug-likeness (QED) is 0.726. The molecule has 1 heteroatoms. The van der Waals surface area contributed by atoms with Crippen LogP contribution in [0.3, 0.4) is 0 Å². The first-order valence-corrected chi connectivity index (χ1v) is 5.78. The fourth-order valence-electron chi connectivity index (χ4n) is 2.12. The van der Waals surface area contributed by atoms with Crippen LogP contribution in [0.5, 0.6) is 0 Å². The minimum Gasteiger partial charge on any atom is -0.374 e. The van der Waals surface area contributed by atoms with Gasteiger partial charge in [0.25, 0.3) is 0 Å². The van der Waals surface area contributed by atoms with Crippen LogP contribution in [-0.4, -0.2) is 12.7 Å². The zero-order valence-electron chi connectivity index (χ0n) is 9.28. The fourth-order valence-corrected chi connectivity index (χ4v) is 2.12. The molecule has 0 fully saturated rings. The van der Waals surface area contributed by atoms with Gasteiger partial charge in [-0.2, -0.15) is 0 Å². The van der Waals surface area contributed by atoms with Gasteiger partial charge in [0.05, 0.1) is 6.10 Å². The molecule has 0 aliphatic heterocycles. The van der Waals surface area contributed by atoms with Crippen molar-refractivity contribution in [2.24, 2.45) is 0 Å². The fraction of sp³-hybridized carbons (Fsp3) is 0.429. The highest BCUT2D eigenvalue weighted by molar-refractivity contribution is 5.66. The lowest BCUT2D eigenvalue weighted by Gasteiger charge is -2.21. The van der Waals surface area contributed by atoms with E-state index in [1.807, 2.05) is 0 Å². The summed E-state index contributed by atoms with van der Waals surface area (Å²) in [6.07, 6.45) is 6.23. The van der Waals surface area contributed by atoms with Gasteiger partial charge in [0.1, 0.15) is 0 Å². The summed E-state index contributed by atoms with van der Waals surface area (Å²) in [4.78, 5) is 0. The first kappa shape index (κ1) is 10.4. The monoisotopic (exact) mass is 202 g/mol. The third kappa shape index (κ3) is 2.69. The van der Waals surface area contributed by atoms with Crippen LogP contribution in [0.15, 0.2) is 36.4 Å². The van der Waals surface area contributed by atoms with E-state index in [0.717, 1.165) is 6.61 Å². The van der Waals surface area contributed by atoms with Crippen molar-refractivity contribution in [1.82, 2.24) is 0 Å². The molecule has 0 amide bonds. The summed E-state index contributed by atoms with van der Waals surface area (Å²) in [6.45, 7) is 2.87. The summed E-state index contributed by atoms with van der Waals surface area (Å²) >= 11 is 0. The second-order valence-corrected chi connectivity index (χ2v) is 3.94. The third-order valence-electron chi connectivity index (χ3n) is 2.85. The Balaban J connectivity index is 2.15. The molecule has 80 valence electrons. The molecule has 1 aliphatic carbocycles. The number of hydrogen-bond donors (Lipinski definition) is 0. The van der Waals surface area contributed by atoms with Crippen molar-refractivity contribution >= 4 is 5.57 Å². The zero-order chi connectivity index (χ0) is 10.5. The largest absolute Gasteiger partial charge is 0.374 e. The lowest BCUT2D eigenvalue weighted by atomic mass is 9.92. The lowest BCUT2D eigenvalue weighted by molar-refractivity contribution is 0.0868. The normalized spacial score (nSPS) is 21.1. The molecule has 0 saturated heterocycles. The van der Waals surface area contributed by atoms with E-state index in [1.54, 1.807) is 0 Å². The molecular weight excluding hydrogens is 184 g/mol. The van der Waals surface area contributed by atoms with E-state index >= 15 is 0 Å². The molecule has 1 atom stereocenters. The van der Waals surface area contributed by atoms with Crippen LogP contribution in [0.25, 0.3) is 5.57 Å². The number of rotatable bonds is 3. The summed E-state index contributed by atoms with van der Waals surface area (Å²) in [5.41, 5.74) is 2.79. The van der Waals surface area contributed by atoms with E-state index in [4.69, 9.17) is 4.74 Å². The smallest absolute Gasteiger partial charge is 0.0761 e. The molecule has 0 N–H and O–H groups in total. The van der Waals surface area contributed by atoms with Crippen LogP contribution in [0.2, 0.25) is 0 Å². The van der Waals surface area contributed by atoms with Crippen molar-refractivity contribution in [2.45, 2.75) is 32.3 Å². The Morgan fingerprint density at radius 2 is 2.07 bits per heavy atom. The van der Waals surface area contributed by atoms with E-state index in [9.17, 15) is 0 Å². The number of benzene rings is 1. The Bertz CT molecular complexity index is 326. The highest BCUT2D eigenvalue weighted by atomic mass is 16.5. The SMILES string of the molecule is CCO[C@@H]1C=C(c2ccccc2)CCC1. The maximum atomic E-state index is 5.66. The Morgan fingerprint density at radius 1 is 1.27 bits per heavy atom. The summed E-state index contributed by atoms with van der Waals surface area (Å²) < 4.78 is 5.66. The van der Waals surface area contributed by atoms with Crippen molar-refractivity contribution in [3.05, 3.63) is 42.0 Å². The summed E-state index contributed by atoms with van der Waals surface area (Å²) in [5.74, 6) is 0. The van der Waals surface area contributed by atoms with Crippen LogP contribution in [0.4, 0.5) is 0 Å². The maximum absolute atomic E-state index is 5.66. The average Bonchev–Trinajstić information content (AvgIpc) is 2.31. The molecule has 0 saturated carbocycles. The average molecular weight is 202 g/mol. The van der Waals surface area contributed by atoms with Gasteiger partial charge in [-0.15, -0.1) is 0 Å². The van der Waals surface area contributed by atoms with Crippen LogP contribution in [0, 0.1) is 0 Å². The van der Waals surface area contributed by atoms with Gasteiger partial charge in [0.15, 0.2) is 0 Å². The van der Waals surface area contributed by atoms with Crippen molar-refractivity contribution < 1.29 is 4.74 Å². The molecule has 1 aliphatic rings. The highest BCUT2D eigenvalue weighted by Crippen LogP contribution is 2.27. The van der Waals surface area contributed by atoms with Crippen LogP contribution >= 0.6 is 0 Å². The van der Waals surface area contributed by atoms with E-state index in [2.05, 4.69) is 43.3 Å². The van der Waals surface area contributed by atoms with Gasteiger partial charge in [0, 0.05) is 6.61 Å². The molecule has 1 aromatic rings. The van der Waals surface area contributed by atoms with Crippen molar-refractivity contribution in [3.63, 3.8) is 0 Å². The van der Waals surface area contributed by atoms with E-state index < -0.39 is 0 Å². The van der Waals surface area contributed by atoms with Gasteiger partial charge in [-0.1, -0.05) is 36.4 Å². The maximum Gasteiger partial charge on any atom is 0.0761 e. The second-order valence-electron chi connectivity index (χ2n) is 3.94. The predicted molar refractivity (Wildman–Crippen MR) is 63.7 cm³/mol. The molecule has 2 rings (SSSR count). The standard InChI is InChI=1S/C14H18O/c1-2-15-14-10-6-9-13(11-14)12-7-4-3-5-8-12/h3-5,7-8,11,14H,2,6,9-10H2,1H3/t14-/m0/s1. The van der Waals surface area contributed by atoms with E-state index in [1.165, 1.54) is 30.4 Å².